The number of carbonyl (C=O) groups excluding carboxylic acids is 1. The highest BCUT2D eigenvalue weighted by Crippen LogP contribution is 2.35. The van der Waals surface area contributed by atoms with Crippen LogP contribution >= 0.6 is 0 Å². The van der Waals surface area contributed by atoms with Crippen molar-refractivity contribution in [1.29, 1.82) is 0 Å². The van der Waals surface area contributed by atoms with Crippen molar-refractivity contribution < 1.29 is 32.9 Å². The Morgan fingerprint density at radius 2 is 1.83 bits per heavy atom. The van der Waals surface area contributed by atoms with Crippen LogP contribution in [0.5, 0.6) is 0 Å². The monoisotopic (exact) mass is 349 g/mol. The van der Waals surface area contributed by atoms with E-state index >= 15 is 0 Å². The third kappa shape index (κ3) is 5.68. The third-order valence-corrected chi connectivity index (χ3v) is 3.22. The number of hydrogen-bond donors (Lipinski definition) is 3. The maximum atomic E-state index is 12.9. The summed E-state index contributed by atoms with van der Waals surface area (Å²) in [5, 5.41) is 22.3. The molecule has 0 radical (unpaired) electrons. The van der Waals surface area contributed by atoms with Crippen molar-refractivity contribution in [3.05, 3.63) is 34.9 Å². The van der Waals surface area contributed by atoms with Gasteiger partial charge in [-0.2, -0.15) is 13.2 Å². The molecule has 0 aliphatic heterocycles. The Hall–Kier alpha value is -1.80. The van der Waals surface area contributed by atoms with Crippen LogP contribution in [0.2, 0.25) is 0 Å². The number of ether oxygens (including phenoxy) is 1. The molecule has 2 unspecified atom stereocenters. The first-order valence-electron chi connectivity index (χ1n) is 7.32. The summed E-state index contributed by atoms with van der Waals surface area (Å²) in [6.07, 6.45) is -8.42. The van der Waals surface area contributed by atoms with Gasteiger partial charge in [-0.3, -0.25) is 0 Å². The van der Waals surface area contributed by atoms with Crippen molar-refractivity contribution in [2.24, 2.45) is 0 Å². The highest BCUT2D eigenvalue weighted by atomic mass is 19.4. The second kappa shape index (κ2) is 7.40. The number of aliphatic hydroxyl groups excluding tert-OH is 2. The fourth-order valence-electron chi connectivity index (χ4n) is 2.10. The molecule has 2 atom stereocenters. The maximum Gasteiger partial charge on any atom is 0.416 e. The predicted octanol–water partition coefficient (Wildman–Crippen LogP) is 2.93. The normalized spacial score (nSPS) is 14.9. The molecule has 5 nitrogen and oxygen atoms in total. The average molecular weight is 349 g/mol. The molecule has 1 aromatic rings. The topological polar surface area (TPSA) is 78.8 Å². The van der Waals surface area contributed by atoms with E-state index in [0.717, 1.165) is 12.1 Å². The number of benzene rings is 1. The van der Waals surface area contributed by atoms with Crippen LogP contribution < -0.4 is 5.32 Å². The molecule has 1 rings (SSSR count). The van der Waals surface area contributed by atoms with Gasteiger partial charge in [0.15, 0.2) is 0 Å². The second-order valence-corrected chi connectivity index (χ2v) is 6.41. The van der Waals surface area contributed by atoms with Crippen molar-refractivity contribution in [3.63, 3.8) is 0 Å². The zero-order valence-corrected chi connectivity index (χ0v) is 13.9. The molecule has 0 saturated carbocycles. The van der Waals surface area contributed by atoms with Gasteiger partial charge in [0, 0.05) is 6.54 Å². The lowest BCUT2D eigenvalue weighted by Gasteiger charge is -2.23. The molecule has 0 spiro atoms. The van der Waals surface area contributed by atoms with E-state index in [9.17, 15) is 28.2 Å². The van der Waals surface area contributed by atoms with Gasteiger partial charge in [-0.1, -0.05) is 12.1 Å². The Balaban J connectivity index is 2.80. The lowest BCUT2D eigenvalue weighted by Crippen LogP contribution is -2.39. The molecule has 1 amide bonds. The van der Waals surface area contributed by atoms with E-state index in [1.54, 1.807) is 20.8 Å². The minimum atomic E-state index is -4.56. The van der Waals surface area contributed by atoms with E-state index in [1.807, 2.05) is 0 Å². The zero-order chi connectivity index (χ0) is 18.7. The summed E-state index contributed by atoms with van der Waals surface area (Å²) in [7, 11) is 0. The van der Waals surface area contributed by atoms with E-state index in [1.165, 1.54) is 13.0 Å². The summed E-state index contributed by atoms with van der Waals surface area (Å²) in [6, 6.07) is 3.35. The summed E-state index contributed by atoms with van der Waals surface area (Å²) in [4.78, 5) is 11.5. The average Bonchev–Trinajstić information content (AvgIpc) is 2.41. The molecule has 0 aliphatic rings. The molecule has 0 saturated heterocycles. The number of alkyl carbamates (subject to hydrolysis) is 1. The zero-order valence-electron chi connectivity index (χ0n) is 13.9. The molecule has 136 valence electrons. The van der Waals surface area contributed by atoms with Gasteiger partial charge in [0.1, 0.15) is 17.8 Å². The molecule has 0 heterocycles. The van der Waals surface area contributed by atoms with Crippen molar-refractivity contribution in [2.45, 2.75) is 51.7 Å². The minimum absolute atomic E-state index is 0.0525. The summed E-state index contributed by atoms with van der Waals surface area (Å²) in [5.74, 6) is 0. The van der Waals surface area contributed by atoms with Gasteiger partial charge in [-0.25, -0.2) is 4.79 Å². The molecule has 0 fully saturated rings. The number of hydrogen-bond acceptors (Lipinski definition) is 4. The summed E-state index contributed by atoms with van der Waals surface area (Å²) in [6.45, 7) is 5.82. The fraction of sp³-hybridized carbons (Fsp3) is 0.562. The Morgan fingerprint density at radius 3 is 2.33 bits per heavy atom. The van der Waals surface area contributed by atoms with Gasteiger partial charge in [0.2, 0.25) is 0 Å². The summed E-state index contributed by atoms with van der Waals surface area (Å²) >= 11 is 0. The van der Waals surface area contributed by atoms with Crippen LogP contribution in [-0.2, 0) is 10.9 Å². The Morgan fingerprint density at radius 1 is 1.25 bits per heavy atom. The molecule has 0 bridgehead atoms. The largest absolute Gasteiger partial charge is 0.444 e. The molecule has 0 aliphatic carbocycles. The van der Waals surface area contributed by atoms with Crippen molar-refractivity contribution in [2.75, 3.05) is 6.54 Å². The standard InChI is InChI=1S/C16H22F3NO4/c1-9-10(6-5-7-11(9)16(17,18)19)13(22)12(21)8-20-14(23)24-15(2,3)4/h5-7,12-13,21-22H,8H2,1-4H3,(H,20,23). The van der Waals surface area contributed by atoms with Crippen molar-refractivity contribution in [1.82, 2.24) is 5.32 Å². The van der Waals surface area contributed by atoms with Gasteiger partial charge < -0.3 is 20.3 Å². The van der Waals surface area contributed by atoms with Crippen LogP contribution in [0, 0.1) is 6.92 Å². The van der Waals surface area contributed by atoms with Crippen LogP contribution in [0.3, 0.4) is 0 Å². The molecular formula is C16H22F3NO4. The first-order chi connectivity index (χ1) is 10.8. The van der Waals surface area contributed by atoms with Crippen LogP contribution in [0.15, 0.2) is 18.2 Å². The molecule has 3 N–H and O–H groups in total. The van der Waals surface area contributed by atoms with Crippen molar-refractivity contribution in [3.8, 4) is 0 Å². The Kier molecular flexibility index (Phi) is 6.24. The SMILES string of the molecule is Cc1c(C(O)C(O)CNC(=O)OC(C)(C)C)cccc1C(F)(F)F. The summed E-state index contributed by atoms with van der Waals surface area (Å²) in [5.41, 5.74) is -1.84. The number of amides is 1. The molecule has 24 heavy (non-hydrogen) atoms. The molecule has 8 heteroatoms. The van der Waals surface area contributed by atoms with E-state index in [4.69, 9.17) is 4.74 Å². The molecular weight excluding hydrogens is 327 g/mol. The van der Waals surface area contributed by atoms with Crippen LogP contribution in [0.25, 0.3) is 0 Å². The number of rotatable bonds is 4. The minimum Gasteiger partial charge on any atom is -0.444 e. The quantitative estimate of drug-likeness (QED) is 0.781. The first-order valence-corrected chi connectivity index (χ1v) is 7.32. The van der Waals surface area contributed by atoms with Gasteiger partial charge in [0.25, 0.3) is 0 Å². The Bertz CT molecular complexity index is 582. The van der Waals surface area contributed by atoms with E-state index in [2.05, 4.69) is 5.32 Å². The lowest BCUT2D eigenvalue weighted by atomic mass is 9.95. The molecule has 1 aromatic carbocycles. The number of carbonyl (C=O) groups is 1. The van der Waals surface area contributed by atoms with Gasteiger partial charge in [-0.05, 0) is 44.9 Å². The predicted molar refractivity (Wildman–Crippen MR) is 81.4 cm³/mol. The van der Waals surface area contributed by atoms with Crippen molar-refractivity contribution >= 4 is 6.09 Å². The third-order valence-electron chi connectivity index (χ3n) is 3.22. The fourth-order valence-corrected chi connectivity index (χ4v) is 2.10. The smallest absolute Gasteiger partial charge is 0.416 e. The number of halogens is 3. The van der Waals surface area contributed by atoms with Crippen LogP contribution in [0.4, 0.5) is 18.0 Å². The highest BCUT2D eigenvalue weighted by molar-refractivity contribution is 5.67. The van der Waals surface area contributed by atoms with Gasteiger partial charge in [-0.15, -0.1) is 0 Å². The molecule has 0 aromatic heterocycles. The maximum absolute atomic E-state index is 12.9. The lowest BCUT2D eigenvalue weighted by molar-refractivity contribution is -0.138. The van der Waals surface area contributed by atoms with E-state index in [0.29, 0.717) is 0 Å². The van der Waals surface area contributed by atoms with E-state index in [-0.39, 0.29) is 17.7 Å². The first kappa shape index (κ1) is 20.2. The second-order valence-electron chi connectivity index (χ2n) is 6.41. The van der Waals surface area contributed by atoms with Gasteiger partial charge >= 0.3 is 12.3 Å². The number of nitrogens with one attached hydrogen (secondary N) is 1. The van der Waals surface area contributed by atoms with Crippen LogP contribution in [-0.4, -0.2) is 34.6 Å². The van der Waals surface area contributed by atoms with E-state index < -0.39 is 35.6 Å². The number of aliphatic hydroxyl groups is 2. The van der Waals surface area contributed by atoms with Gasteiger partial charge in [0.05, 0.1) is 5.56 Å². The number of alkyl halides is 3. The highest BCUT2D eigenvalue weighted by Gasteiger charge is 2.34. The Labute approximate surface area is 138 Å². The van der Waals surface area contributed by atoms with Crippen LogP contribution in [0.1, 0.15) is 43.6 Å². The summed E-state index contributed by atoms with van der Waals surface area (Å²) < 4.78 is 43.6.